The van der Waals surface area contributed by atoms with Gasteiger partial charge in [0.2, 0.25) is 15.9 Å². The summed E-state index contributed by atoms with van der Waals surface area (Å²) >= 11 is 0. The Morgan fingerprint density at radius 2 is 1.96 bits per heavy atom. The van der Waals surface area contributed by atoms with E-state index in [1.807, 2.05) is 30.3 Å². The van der Waals surface area contributed by atoms with Crippen molar-refractivity contribution in [2.45, 2.75) is 11.3 Å². The van der Waals surface area contributed by atoms with Gasteiger partial charge in [-0.15, -0.1) is 12.4 Å². The average molecular weight is 402 g/mol. The van der Waals surface area contributed by atoms with Crippen LogP contribution < -0.4 is 10.5 Å². The number of carbonyl (C=O) groups is 1. The maximum absolute atomic E-state index is 12.4. The highest BCUT2D eigenvalue weighted by molar-refractivity contribution is 7.89. The summed E-state index contributed by atoms with van der Waals surface area (Å²) in [5.41, 5.74) is 6.67. The number of carbonyl (C=O) groups excluding carboxylic acids is 1. The summed E-state index contributed by atoms with van der Waals surface area (Å²) in [6.07, 6.45) is 3.29. The predicted octanol–water partition coefficient (Wildman–Crippen LogP) is 0.150. The van der Waals surface area contributed by atoms with Crippen molar-refractivity contribution >= 4 is 28.3 Å². The molecule has 1 heterocycles. The van der Waals surface area contributed by atoms with Crippen LogP contribution in [0.2, 0.25) is 0 Å². The number of benzene rings is 1. The van der Waals surface area contributed by atoms with Gasteiger partial charge >= 0.3 is 0 Å². The minimum Gasteiger partial charge on any atom is -0.340 e. The lowest BCUT2D eigenvalue weighted by Gasteiger charge is -2.22. The zero-order chi connectivity index (χ0) is 18.3. The maximum Gasteiger partial charge on any atom is 0.244 e. The van der Waals surface area contributed by atoms with Crippen molar-refractivity contribution in [1.29, 1.82) is 0 Å². The van der Waals surface area contributed by atoms with Gasteiger partial charge in [-0.05, 0) is 12.0 Å². The Morgan fingerprint density at radius 3 is 2.54 bits per heavy atom. The molecule has 0 saturated carbocycles. The molecule has 0 aliphatic heterocycles. The van der Waals surface area contributed by atoms with Crippen molar-refractivity contribution in [2.75, 3.05) is 26.2 Å². The molecule has 0 bridgehead atoms. The number of amides is 1. The van der Waals surface area contributed by atoms with Crippen molar-refractivity contribution in [3.8, 4) is 0 Å². The lowest BCUT2D eigenvalue weighted by Crippen LogP contribution is -2.43. The van der Waals surface area contributed by atoms with E-state index < -0.39 is 10.0 Å². The van der Waals surface area contributed by atoms with Crippen LogP contribution in [0.4, 0.5) is 0 Å². The van der Waals surface area contributed by atoms with Gasteiger partial charge in [0.25, 0.3) is 0 Å². The number of aromatic nitrogens is 2. The number of nitrogens with zero attached hydrogens (tertiary/aromatic N) is 3. The van der Waals surface area contributed by atoms with Gasteiger partial charge in [-0.3, -0.25) is 9.48 Å². The van der Waals surface area contributed by atoms with E-state index in [4.69, 9.17) is 5.73 Å². The fourth-order valence-corrected chi connectivity index (χ4v) is 3.27. The van der Waals surface area contributed by atoms with Crippen molar-refractivity contribution in [3.63, 3.8) is 0 Å². The number of rotatable bonds is 9. The van der Waals surface area contributed by atoms with E-state index in [2.05, 4.69) is 9.82 Å². The van der Waals surface area contributed by atoms with Crippen LogP contribution in [0.5, 0.6) is 0 Å². The van der Waals surface area contributed by atoms with Crippen molar-refractivity contribution in [3.05, 3.63) is 48.3 Å². The van der Waals surface area contributed by atoms with E-state index in [-0.39, 0.29) is 29.8 Å². The summed E-state index contributed by atoms with van der Waals surface area (Å²) < 4.78 is 28.0. The third-order valence-corrected chi connectivity index (χ3v) is 5.03. The lowest BCUT2D eigenvalue weighted by atomic mass is 10.1. The van der Waals surface area contributed by atoms with Crippen LogP contribution in [0.25, 0.3) is 0 Å². The van der Waals surface area contributed by atoms with Gasteiger partial charge in [0.05, 0.1) is 12.7 Å². The van der Waals surface area contributed by atoms with Crippen LogP contribution in [0.15, 0.2) is 47.6 Å². The van der Waals surface area contributed by atoms with Crippen LogP contribution >= 0.6 is 12.4 Å². The highest BCUT2D eigenvalue weighted by Crippen LogP contribution is 2.06. The number of nitrogens with two attached hydrogens (primary N) is 1. The molecule has 3 N–H and O–H groups in total. The molecule has 0 fully saturated rings. The lowest BCUT2D eigenvalue weighted by molar-refractivity contribution is -0.129. The molecular formula is C16H24ClN5O3S. The molecule has 0 unspecified atom stereocenters. The van der Waals surface area contributed by atoms with E-state index in [1.54, 1.807) is 11.9 Å². The van der Waals surface area contributed by atoms with Crippen LogP contribution in [0, 0.1) is 0 Å². The third-order valence-electron chi connectivity index (χ3n) is 3.67. The Balaban J connectivity index is 0.00000338. The van der Waals surface area contributed by atoms with Crippen LogP contribution in [0.3, 0.4) is 0 Å². The minimum atomic E-state index is -3.76. The highest BCUT2D eigenvalue weighted by atomic mass is 35.5. The third kappa shape index (κ3) is 6.41. The fraction of sp³-hybridized carbons (Fsp3) is 0.375. The first-order chi connectivity index (χ1) is 11.9. The van der Waals surface area contributed by atoms with E-state index in [0.717, 1.165) is 5.56 Å². The van der Waals surface area contributed by atoms with Crippen molar-refractivity contribution < 1.29 is 13.2 Å². The Morgan fingerprint density at radius 1 is 1.27 bits per heavy atom. The summed E-state index contributed by atoms with van der Waals surface area (Å²) in [6.45, 7) is 0.858. The number of hydrogen-bond donors (Lipinski definition) is 2. The Labute approximate surface area is 159 Å². The monoisotopic (exact) mass is 401 g/mol. The Hall–Kier alpha value is -1.94. The van der Waals surface area contributed by atoms with Crippen molar-refractivity contribution in [1.82, 2.24) is 19.4 Å². The molecule has 2 aromatic rings. The van der Waals surface area contributed by atoms with Gasteiger partial charge in [-0.2, -0.15) is 5.10 Å². The van der Waals surface area contributed by atoms with Gasteiger partial charge in [-0.1, -0.05) is 30.3 Å². The average Bonchev–Trinajstić information content (AvgIpc) is 3.05. The van der Waals surface area contributed by atoms with E-state index in [9.17, 15) is 13.2 Å². The van der Waals surface area contributed by atoms with Crippen LogP contribution in [-0.4, -0.2) is 55.2 Å². The van der Waals surface area contributed by atoms with E-state index >= 15 is 0 Å². The molecule has 0 spiro atoms. The molecular weight excluding hydrogens is 378 g/mol. The summed E-state index contributed by atoms with van der Waals surface area (Å²) in [4.78, 5) is 14.0. The normalized spacial score (nSPS) is 11.0. The van der Waals surface area contributed by atoms with Crippen molar-refractivity contribution in [2.24, 2.45) is 12.8 Å². The molecule has 2 rings (SSSR count). The minimum absolute atomic E-state index is 0. The maximum atomic E-state index is 12.4. The summed E-state index contributed by atoms with van der Waals surface area (Å²) in [5.74, 6) is -0.311. The smallest absolute Gasteiger partial charge is 0.244 e. The summed E-state index contributed by atoms with van der Waals surface area (Å²) in [7, 11) is -2.14. The van der Waals surface area contributed by atoms with Gasteiger partial charge < -0.3 is 10.6 Å². The number of halogens is 1. The van der Waals surface area contributed by atoms with E-state index in [0.29, 0.717) is 26.1 Å². The molecule has 10 heteroatoms. The summed E-state index contributed by atoms with van der Waals surface area (Å²) in [5, 5.41) is 3.82. The molecule has 0 radical (unpaired) electrons. The van der Waals surface area contributed by atoms with Gasteiger partial charge in [0.15, 0.2) is 0 Å². The molecule has 1 amide bonds. The van der Waals surface area contributed by atoms with Gasteiger partial charge in [0, 0.05) is 32.9 Å². The zero-order valence-electron chi connectivity index (χ0n) is 14.5. The number of sulfonamides is 1. The first-order valence-corrected chi connectivity index (χ1v) is 9.41. The largest absolute Gasteiger partial charge is 0.340 e. The van der Waals surface area contributed by atoms with Crippen LogP contribution in [0.1, 0.15) is 5.56 Å². The SMILES string of the molecule is Cl.Cn1cc(S(=O)(=O)NCC(=O)N(CCN)CCc2ccccc2)cn1. The fourth-order valence-electron chi connectivity index (χ4n) is 2.32. The second-order valence-corrected chi connectivity index (χ2v) is 7.35. The number of nitrogens with one attached hydrogen (secondary N) is 1. The van der Waals surface area contributed by atoms with Gasteiger partial charge in [-0.25, -0.2) is 13.1 Å². The molecule has 1 aromatic heterocycles. The molecule has 26 heavy (non-hydrogen) atoms. The molecule has 8 nitrogen and oxygen atoms in total. The van der Waals surface area contributed by atoms with E-state index in [1.165, 1.54) is 17.1 Å². The summed E-state index contributed by atoms with van der Waals surface area (Å²) in [6, 6.07) is 9.77. The predicted molar refractivity (Wildman–Crippen MR) is 101 cm³/mol. The Bertz CT molecular complexity index is 795. The van der Waals surface area contributed by atoms with Crippen LogP contribution in [-0.2, 0) is 28.3 Å². The molecule has 0 aliphatic rings. The molecule has 0 saturated heterocycles. The first kappa shape index (κ1) is 22.1. The molecule has 1 aromatic carbocycles. The molecule has 0 atom stereocenters. The molecule has 144 valence electrons. The second-order valence-electron chi connectivity index (χ2n) is 5.58. The first-order valence-electron chi connectivity index (χ1n) is 7.92. The molecule has 0 aliphatic carbocycles. The second kappa shape index (κ2) is 10.3. The standard InChI is InChI=1S/C16H23N5O3S.ClH/c1-20-13-15(11-18-20)25(23,24)19-12-16(22)21(10-8-17)9-7-14-5-3-2-4-6-14;/h2-6,11,13,19H,7-10,12,17H2,1H3;1H. The topological polar surface area (TPSA) is 110 Å². The zero-order valence-corrected chi connectivity index (χ0v) is 16.2. The quantitative estimate of drug-likeness (QED) is 0.621. The number of aryl methyl sites for hydroxylation is 1. The van der Waals surface area contributed by atoms with Gasteiger partial charge in [0.1, 0.15) is 4.90 Å². The number of hydrogen-bond acceptors (Lipinski definition) is 5. The Kier molecular flexibility index (Phi) is 8.73. The highest BCUT2D eigenvalue weighted by Gasteiger charge is 2.19.